The van der Waals surface area contributed by atoms with Gasteiger partial charge in [-0.1, -0.05) is 13.3 Å². The zero-order chi connectivity index (χ0) is 18.2. The summed E-state index contributed by atoms with van der Waals surface area (Å²) in [7, 11) is 0. The maximum absolute atomic E-state index is 12.4. The van der Waals surface area contributed by atoms with Crippen molar-refractivity contribution in [1.29, 1.82) is 0 Å². The fourth-order valence-electron chi connectivity index (χ4n) is 3.49. The van der Waals surface area contributed by atoms with Crippen LogP contribution in [0.4, 0.5) is 5.82 Å². The van der Waals surface area contributed by atoms with Crippen LogP contribution in [0.15, 0.2) is 12.4 Å². The van der Waals surface area contributed by atoms with Crippen molar-refractivity contribution >= 4 is 11.7 Å². The van der Waals surface area contributed by atoms with Gasteiger partial charge < -0.3 is 19.3 Å². The molecular formula is C19H30N4O3. The Hall–Kier alpha value is -1.73. The lowest BCUT2D eigenvalue weighted by Gasteiger charge is -2.33. The first-order valence-electron chi connectivity index (χ1n) is 9.78. The predicted molar refractivity (Wildman–Crippen MR) is 99.3 cm³/mol. The molecule has 3 rings (SSSR count). The molecule has 2 saturated heterocycles. The van der Waals surface area contributed by atoms with Crippen LogP contribution in [0.5, 0.6) is 0 Å². The first kappa shape index (κ1) is 19.0. The predicted octanol–water partition coefficient (Wildman–Crippen LogP) is 1.84. The maximum atomic E-state index is 12.4. The quantitative estimate of drug-likeness (QED) is 0.690. The zero-order valence-corrected chi connectivity index (χ0v) is 15.7. The van der Waals surface area contributed by atoms with E-state index in [-0.39, 0.29) is 18.4 Å². The van der Waals surface area contributed by atoms with Crippen molar-refractivity contribution in [3.8, 4) is 0 Å². The van der Waals surface area contributed by atoms with Gasteiger partial charge >= 0.3 is 0 Å². The van der Waals surface area contributed by atoms with Gasteiger partial charge in [0.1, 0.15) is 18.8 Å². The molecule has 2 fully saturated rings. The highest BCUT2D eigenvalue weighted by atomic mass is 16.5. The number of piperidine rings is 1. The van der Waals surface area contributed by atoms with Crippen LogP contribution in [0.3, 0.4) is 0 Å². The van der Waals surface area contributed by atoms with E-state index in [9.17, 15) is 4.79 Å². The molecule has 0 aliphatic carbocycles. The fraction of sp³-hybridized carbons (Fsp3) is 0.737. The molecule has 0 unspecified atom stereocenters. The maximum Gasteiger partial charge on any atom is 0.248 e. The summed E-state index contributed by atoms with van der Waals surface area (Å²) in [5.74, 6) is 1.32. The van der Waals surface area contributed by atoms with Crippen LogP contribution >= 0.6 is 0 Å². The van der Waals surface area contributed by atoms with E-state index in [4.69, 9.17) is 9.47 Å². The Balaban J connectivity index is 1.57. The largest absolute Gasteiger partial charge is 0.378 e. The van der Waals surface area contributed by atoms with E-state index in [1.54, 1.807) is 6.33 Å². The van der Waals surface area contributed by atoms with Gasteiger partial charge in [0.05, 0.1) is 18.9 Å². The molecule has 2 aliphatic rings. The molecule has 1 amide bonds. The van der Waals surface area contributed by atoms with Gasteiger partial charge in [0, 0.05) is 44.8 Å². The number of carbonyl (C=O) groups is 1. The number of anilines is 1. The summed E-state index contributed by atoms with van der Waals surface area (Å²) < 4.78 is 10.9. The minimum absolute atomic E-state index is 0.0910. The summed E-state index contributed by atoms with van der Waals surface area (Å²) in [6.07, 6.45) is 5.79. The topological polar surface area (TPSA) is 67.8 Å². The Labute approximate surface area is 155 Å². The minimum atomic E-state index is 0.0910. The molecule has 0 N–H and O–H groups in total. The van der Waals surface area contributed by atoms with Crippen LogP contribution in [0, 0.1) is 0 Å². The standard InChI is InChI=1S/C19H30N4O3/c1-2-3-9-26-14-19(24)23-6-4-5-16(13-23)17-12-18(21-15-20-17)22-7-10-25-11-8-22/h12,15-16H,2-11,13-14H2,1H3/t16-/m1/s1. The SMILES string of the molecule is CCCCOCC(=O)N1CCC[C@@H](c2cc(N3CCOCC3)ncn2)C1. The Morgan fingerprint density at radius 1 is 1.31 bits per heavy atom. The lowest BCUT2D eigenvalue weighted by Crippen LogP contribution is -2.41. The second kappa shape index (κ2) is 9.83. The van der Waals surface area contributed by atoms with E-state index in [1.807, 2.05) is 4.90 Å². The van der Waals surface area contributed by atoms with Gasteiger partial charge in [0.25, 0.3) is 0 Å². The van der Waals surface area contributed by atoms with Crippen LogP contribution in [-0.4, -0.2) is 73.4 Å². The van der Waals surface area contributed by atoms with E-state index >= 15 is 0 Å². The molecular weight excluding hydrogens is 332 g/mol. The first-order valence-corrected chi connectivity index (χ1v) is 9.78. The minimum Gasteiger partial charge on any atom is -0.378 e. The molecule has 26 heavy (non-hydrogen) atoms. The van der Waals surface area contributed by atoms with Crippen molar-refractivity contribution in [3.63, 3.8) is 0 Å². The Morgan fingerprint density at radius 3 is 2.96 bits per heavy atom. The van der Waals surface area contributed by atoms with Crippen molar-refractivity contribution < 1.29 is 14.3 Å². The van der Waals surface area contributed by atoms with Crippen LogP contribution in [-0.2, 0) is 14.3 Å². The van der Waals surface area contributed by atoms with E-state index in [2.05, 4.69) is 27.9 Å². The molecule has 1 atom stereocenters. The molecule has 0 radical (unpaired) electrons. The first-order chi connectivity index (χ1) is 12.8. The second-order valence-corrected chi connectivity index (χ2v) is 6.99. The number of likely N-dealkylation sites (tertiary alicyclic amines) is 1. The van der Waals surface area contributed by atoms with E-state index in [0.29, 0.717) is 6.61 Å². The Bertz CT molecular complexity index is 578. The van der Waals surface area contributed by atoms with Crippen molar-refractivity contribution in [2.45, 2.75) is 38.5 Å². The number of nitrogens with zero attached hydrogens (tertiary/aromatic N) is 4. The highest BCUT2D eigenvalue weighted by molar-refractivity contribution is 5.77. The Kier molecular flexibility index (Phi) is 7.20. The van der Waals surface area contributed by atoms with Crippen molar-refractivity contribution in [2.75, 3.05) is 57.5 Å². The van der Waals surface area contributed by atoms with Gasteiger partial charge in [-0.05, 0) is 19.3 Å². The summed E-state index contributed by atoms with van der Waals surface area (Å²) in [6, 6.07) is 2.09. The highest BCUT2D eigenvalue weighted by Crippen LogP contribution is 2.27. The number of rotatable bonds is 7. The van der Waals surface area contributed by atoms with E-state index < -0.39 is 0 Å². The molecule has 144 valence electrons. The average molecular weight is 362 g/mol. The molecule has 2 aliphatic heterocycles. The van der Waals surface area contributed by atoms with Gasteiger partial charge in [-0.2, -0.15) is 0 Å². The third-order valence-electron chi connectivity index (χ3n) is 5.07. The lowest BCUT2D eigenvalue weighted by molar-refractivity contribution is -0.137. The molecule has 0 saturated carbocycles. The molecule has 7 heteroatoms. The Morgan fingerprint density at radius 2 is 2.15 bits per heavy atom. The van der Waals surface area contributed by atoms with Crippen LogP contribution in [0.25, 0.3) is 0 Å². The average Bonchev–Trinajstić information content (AvgIpc) is 2.72. The number of hydrogen-bond acceptors (Lipinski definition) is 6. The van der Waals surface area contributed by atoms with Gasteiger partial charge in [0.15, 0.2) is 0 Å². The number of amides is 1. The molecule has 7 nitrogen and oxygen atoms in total. The number of hydrogen-bond donors (Lipinski definition) is 0. The fourth-order valence-corrected chi connectivity index (χ4v) is 3.49. The molecule has 0 spiro atoms. The molecule has 3 heterocycles. The molecule has 0 aromatic carbocycles. The lowest BCUT2D eigenvalue weighted by atomic mass is 9.94. The third kappa shape index (κ3) is 5.14. The molecule has 1 aromatic heterocycles. The summed E-state index contributed by atoms with van der Waals surface area (Å²) in [4.78, 5) is 25.5. The smallest absolute Gasteiger partial charge is 0.248 e. The van der Waals surface area contributed by atoms with Crippen LogP contribution in [0.1, 0.15) is 44.2 Å². The number of carbonyl (C=O) groups excluding carboxylic acids is 1. The second-order valence-electron chi connectivity index (χ2n) is 6.99. The molecule has 1 aromatic rings. The van der Waals surface area contributed by atoms with Gasteiger partial charge in [-0.3, -0.25) is 4.79 Å². The normalized spacial score (nSPS) is 21.0. The summed E-state index contributed by atoms with van der Waals surface area (Å²) in [6.45, 7) is 7.70. The number of aromatic nitrogens is 2. The van der Waals surface area contributed by atoms with Crippen molar-refractivity contribution in [1.82, 2.24) is 14.9 Å². The number of unbranched alkanes of at least 4 members (excludes halogenated alkanes) is 1. The van der Waals surface area contributed by atoms with Crippen LogP contribution in [0.2, 0.25) is 0 Å². The summed E-state index contributed by atoms with van der Waals surface area (Å²) in [5, 5.41) is 0. The summed E-state index contributed by atoms with van der Waals surface area (Å²) in [5.41, 5.74) is 1.03. The number of morpholine rings is 1. The van der Waals surface area contributed by atoms with E-state index in [1.165, 1.54) is 0 Å². The van der Waals surface area contributed by atoms with E-state index in [0.717, 1.165) is 76.6 Å². The van der Waals surface area contributed by atoms with Crippen molar-refractivity contribution in [2.24, 2.45) is 0 Å². The van der Waals surface area contributed by atoms with Gasteiger partial charge in [0.2, 0.25) is 5.91 Å². The molecule has 0 bridgehead atoms. The number of ether oxygens (including phenoxy) is 2. The van der Waals surface area contributed by atoms with Gasteiger partial charge in [-0.15, -0.1) is 0 Å². The highest BCUT2D eigenvalue weighted by Gasteiger charge is 2.26. The third-order valence-corrected chi connectivity index (χ3v) is 5.07. The summed E-state index contributed by atoms with van der Waals surface area (Å²) >= 11 is 0. The van der Waals surface area contributed by atoms with Gasteiger partial charge in [-0.25, -0.2) is 9.97 Å². The van der Waals surface area contributed by atoms with Crippen molar-refractivity contribution in [3.05, 3.63) is 18.1 Å². The monoisotopic (exact) mass is 362 g/mol. The zero-order valence-electron chi connectivity index (χ0n) is 15.7. The van der Waals surface area contributed by atoms with Crippen LogP contribution < -0.4 is 4.90 Å².